The Morgan fingerprint density at radius 2 is 1.55 bits per heavy atom. The number of ether oxygens (including phenoxy) is 1. The van der Waals surface area contributed by atoms with Gasteiger partial charge in [-0.2, -0.15) is 0 Å². The number of carbonyl (C=O) groups is 1. The van der Waals surface area contributed by atoms with E-state index in [1.807, 2.05) is 6.92 Å². The Morgan fingerprint density at radius 1 is 0.909 bits per heavy atom. The van der Waals surface area contributed by atoms with E-state index in [0.29, 0.717) is 42.4 Å². The van der Waals surface area contributed by atoms with E-state index in [4.69, 9.17) is 4.74 Å². The van der Waals surface area contributed by atoms with E-state index in [1.54, 1.807) is 0 Å². The fourth-order valence-electron chi connectivity index (χ4n) is 8.83. The van der Waals surface area contributed by atoms with E-state index in [-0.39, 0.29) is 40.8 Å². The summed E-state index contributed by atoms with van der Waals surface area (Å²) in [6.45, 7) is 13.1. The molecule has 0 aromatic heterocycles. The normalized spacial score (nSPS) is 46.9. The first-order chi connectivity index (χ1) is 15.4. The van der Waals surface area contributed by atoms with Crippen molar-refractivity contribution in [2.45, 2.75) is 117 Å². The number of esters is 1. The lowest BCUT2D eigenvalue weighted by molar-refractivity contribution is -0.162. The maximum absolute atomic E-state index is 12.9. The lowest BCUT2D eigenvalue weighted by atomic mass is 9.49. The molecule has 5 nitrogen and oxygen atoms in total. The number of aliphatic hydroxyl groups is 3. The summed E-state index contributed by atoms with van der Waals surface area (Å²) in [6, 6.07) is 0. The van der Waals surface area contributed by atoms with Crippen LogP contribution in [0.15, 0.2) is 0 Å². The van der Waals surface area contributed by atoms with Crippen LogP contribution in [-0.2, 0) is 9.53 Å². The Balaban J connectivity index is 1.57. The molecule has 190 valence electrons. The molecule has 0 radical (unpaired) electrons. The van der Waals surface area contributed by atoms with Gasteiger partial charge < -0.3 is 20.1 Å². The van der Waals surface area contributed by atoms with Crippen molar-refractivity contribution in [3.8, 4) is 0 Å². The van der Waals surface area contributed by atoms with Gasteiger partial charge in [0.15, 0.2) is 0 Å². The Labute approximate surface area is 200 Å². The van der Waals surface area contributed by atoms with Gasteiger partial charge >= 0.3 is 5.97 Å². The molecule has 33 heavy (non-hydrogen) atoms. The summed E-state index contributed by atoms with van der Waals surface area (Å²) < 4.78 is 5.98. The SMILES string of the molecule is CC(C)[C@H](C)[C@@H](O)[C@H](O)[C@@H](C)[C@H]1CC[C@H]2[C@@H]3CC(=O)O[C@H]4C[C@H](O)CC[C@]4(C)[C@H]3CC[C@]12C. The topological polar surface area (TPSA) is 87.0 Å². The Morgan fingerprint density at radius 3 is 2.21 bits per heavy atom. The molecule has 4 aliphatic rings. The minimum atomic E-state index is -0.721. The van der Waals surface area contributed by atoms with Gasteiger partial charge in [-0.15, -0.1) is 0 Å². The van der Waals surface area contributed by atoms with Crippen LogP contribution in [0.2, 0.25) is 0 Å². The third-order valence-electron chi connectivity index (χ3n) is 11.4. The van der Waals surface area contributed by atoms with Gasteiger partial charge in [-0.25, -0.2) is 0 Å². The van der Waals surface area contributed by atoms with Crippen LogP contribution in [0.5, 0.6) is 0 Å². The van der Waals surface area contributed by atoms with Crippen LogP contribution in [0.1, 0.15) is 92.9 Å². The van der Waals surface area contributed by atoms with Gasteiger partial charge in [0, 0.05) is 18.3 Å². The maximum atomic E-state index is 12.9. The quantitative estimate of drug-likeness (QED) is 0.519. The van der Waals surface area contributed by atoms with Crippen molar-refractivity contribution in [1.82, 2.24) is 0 Å². The lowest BCUT2D eigenvalue weighted by Gasteiger charge is -2.55. The summed E-state index contributed by atoms with van der Waals surface area (Å²) >= 11 is 0. The first-order valence-electron chi connectivity index (χ1n) is 13.6. The molecule has 0 bridgehead atoms. The molecule has 0 aromatic carbocycles. The monoisotopic (exact) mass is 464 g/mol. The van der Waals surface area contributed by atoms with Crippen LogP contribution >= 0.6 is 0 Å². The van der Waals surface area contributed by atoms with E-state index in [1.165, 1.54) is 0 Å². The van der Waals surface area contributed by atoms with Crippen LogP contribution in [0.4, 0.5) is 0 Å². The minimum absolute atomic E-state index is 0.0265. The van der Waals surface area contributed by atoms with Crippen LogP contribution in [0.3, 0.4) is 0 Å². The Kier molecular flexibility index (Phi) is 7.01. The number of carbonyl (C=O) groups excluding carboxylic acids is 1. The second-order valence-electron chi connectivity index (χ2n) is 13.2. The van der Waals surface area contributed by atoms with Gasteiger partial charge in [0.1, 0.15) is 6.10 Å². The van der Waals surface area contributed by atoms with Crippen molar-refractivity contribution in [2.75, 3.05) is 0 Å². The predicted molar refractivity (Wildman–Crippen MR) is 128 cm³/mol. The molecule has 3 saturated carbocycles. The average Bonchev–Trinajstić information content (AvgIpc) is 3.06. The lowest BCUT2D eigenvalue weighted by Crippen LogP contribution is -2.53. The molecule has 3 aliphatic carbocycles. The molecule has 1 heterocycles. The highest BCUT2D eigenvalue weighted by atomic mass is 16.5. The smallest absolute Gasteiger partial charge is 0.306 e. The van der Waals surface area contributed by atoms with E-state index >= 15 is 0 Å². The minimum Gasteiger partial charge on any atom is -0.462 e. The molecule has 1 aliphatic heterocycles. The largest absolute Gasteiger partial charge is 0.462 e. The molecule has 4 fully saturated rings. The maximum Gasteiger partial charge on any atom is 0.306 e. The number of hydrogen-bond acceptors (Lipinski definition) is 5. The third kappa shape index (κ3) is 4.18. The Bertz CT molecular complexity index is 723. The third-order valence-corrected chi connectivity index (χ3v) is 11.4. The molecule has 12 atom stereocenters. The number of aliphatic hydroxyl groups excluding tert-OH is 3. The van der Waals surface area contributed by atoms with Crippen LogP contribution in [0.25, 0.3) is 0 Å². The fraction of sp³-hybridized carbons (Fsp3) is 0.964. The molecule has 0 aromatic rings. The van der Waals surface area contributed by atoms with Gasteiger partial charge in [0.2, 0.25) is 0 Å². The van der Waals surface area contributed by atoms with E-state index in [2.05, 4.69) is 34.6 Å². The molecule has 0 unspecified atom stereocenters. The second-order valence-corrected chi connectivity index (χ2v) is 13.2. The Hall–Kier alpha value is -0.650. The number of rotatable bonds is 5. The zero-order valence-corrected chi connectivity index (χ0v) is 21.7. The highest BCUT2D eigenvalue weighted by Gasteiger charge is 2.61. The molecule has 5 heteroatoms. The van der Waals surface area contributed by atoms with Gasteiger partial charge in [-0.1, -0.05) is 41.5 Å². The van der Waals surface area contributed by atoms with Crippen molar-refractivity contribution in [3.05, 3.63) is 0 Å². The highest BCUT2D eigenvalue weighted by molar-refractivity contribution is 5.70. The molecule has 3 N–H and O–H groups in total. The van der Waals surface area contributed by atoms with Gasteiger partial charge in [-0.05, 0) is 85.4 Å². The first-order valence-corrected chi connectivity index (χ1v) is 13.6. The van der Waals surface area contributed by atoms with Crippen LogP contribution in [-0.4, -0.2) is 45.7 Å². The average molecular weight is 465 g/mol. The van der Waals surface area contributed by atoms with Crippen LogP contribution in [0, 0.1) is 52.3 Å². The van der Waals surface area contributed by atoms with E-state index in [0.717, 1.165) is 38.5 Å². The van der Waals surface area contributed by atoms with Crippen molar-refractivity contribution in [3.63, 3.8) is 0 Å². The summed E-state index contributed by atoms with van der Waals surface area (Å²) in [7, 11) is 0. The molecule has 4 rings (SSSR count). The first kappa shape index (κ1) is 25.4. The molecular formula is C28H48O5. The summed E-state index contributed by atoms with van der Waals surface area (Å²) in [4.78, 5) is 12.9. The van der Waals surface area contributed by atoms with Crippen molar-refractivity contribution < 1.29 is 24.9 Å². The van der Waals surface area contributed by atoms with Gasteiger partial charge in [0.25, 0.3) is 0 Å². The summed E-state index contributed by atoms with van der Waals surface area (Å²) in [5, 5.41) is 32.3. The summed E-state index contributed by atoms with van der Waals surface area (Å²) in [5.74, 6) is 1.88. The van der Waals surface area contributed by atoms with Gasteiger partial charge in [-0.3, -0.25) is 4.79 Å². The summed E-state index contributed by atoms with van der Waals surface area (Å²) in [5.41, 5.74) is 0.0243. The zero-order valence-electron chi connectivity index (χ0n) is 21.7. The van der Waals surface area contributed by atoms with E-state index < -0.39 is 12.2 Å². The van der Waals surface area contributed by atoms with E-state index in [9.17, 15) is 20.1 Å². The molecule has 0 spiro atoms. The molecule has 1 saturated heterocycles. The van der Waals surface area contributed by atoms with Crippen molar-refractivity contribution in [1.29, 1.82) is 0 Å². The highest BCUT2D eigenvalue weighted by Crippen LogP contribution is 2.66. The van der Waals surface area contributed by atoms with Crippen molar-refractivity contribution in [2.24, 2.45) is 52.3 Å². The van der Waals surface area contributed by atoms with Crippen LogP contribution < -0.4 is 0 Å². The summed E-state index contributed by atoms with van der Waals surface area (Å²) in [6.07, 6.45) is 5.17. The standard InChI is InChI=1S/C28H48O5/c1-15(2)16(3)25(31)26(32)17(4)20-7-8-21-19-14-24(30)33-23-13-18(29)9-11-28(23,6)22(19)10-12-27(20,21)5/h15-23,25-26,29,31-32H,7-14H2,1-6H3/t16-,17-,18+,19-,20+,21-,22-,23-,25+,26+,27+,28+/m0/s1. The predicted octanol–water partition coefficient (Wildman–Crippen LogP) is 4.56. The van der Waals surface area contributed by atoms with Crippen molar-refractivity contribution >= 4 is 5.97 Å². The van der Waals surface area contributed by atoms with Gasteiger partial charge in [0.05, 0.1) is 18.3 Å². The second kappa shape index (κ2) is 9.09. The number of fused-ring (bicyclic) bond motifs is 5. The number of hydrogen-bond donors (Lipinski definition) is 3. The molecular weight excluding hydrogens is 416 g/mol. The fourth-order valence-corrected chi connectivity index (χ4v) is 8.83. The molecule has 0 amide bonds. The zero-order chi connectivity index (χ0) is 24.3.